The molecular formula is C26H30N+. The molecule has 0 saturated carbocycles. The number of nitrogens with zero attached hydrogens (tertiary/aromatic N) is 1. The van der Waals surface area contributed by atoms with Crippen molar-refractivity contribution in [2.24, 2.45) is 0 Å². The second-order valence-corrected chi connectivity index (χ2v) is 7.79. The number of rotatable bonds is 5. The van der Waals surface area contributed by atoms with Gasteiger partial charge in [0.15, 0.2) is 11.7 Å². The molecule has 0 saturated heterocycles. The van der Waals surface area contributed by atoms with Crippen molar-refractivity contribution < 1.29 is 4.57 Å². The highest BCUT2D eigenvalue weighted by Gasteiger charge is 2.39. The number of allylic oxidation sites excluding steroid dienone is 1. The molecule has 138 valence electrons. The first-order valence-electron chi connectivity index (χ1n) is 10.5. The molecule has 0 N–H and O–H groups in total. The molecule has 0 atom stereocenters. The van der Waals surface area contributed by atoms with Gasteiger partial charge < -0.3 is 0 Å². The van der Waals surface area contributed by atoms with E-state index in [1.54, 1.807) is 0 Å². The van der Waals surface area contributed by atoms with Gasteiger partial charge in [0, 0.05) is 18.9 Å². The van der Waals surface area contributed by atoms with Gasteiger partial charge >= 0.3 is 0 Å². The standard InChI is InChI=1S/C26H30N/c1-4-7-10-20-13-14-24-22(19-20)16-18-27-25(24)23-12-9-8-11-21(23)15-17-26(27,5-2)6-3/h8-9,11-19H,4-7,10H2,1-3H3/q+1. The van der Waals surface area contributed by atoms with E-state index in [-0.39, 0.29) is 5.54 Å². The van der Waals surface area contributed by atoms with Gasteiger partial charge in [-0.3, -0.25) is 0 Å². The minimum absolute atomic E-state index is 0.0312. The summed E-state index contributed by atoms with van der Waals surface area (Å²) in [4.78, 5) is 0. The minimum atomic E-state index is 0.0312. The van der Waals surface area contributed by atoms with Crippen molar-refractivity contribution in [2.45, 2.75) is 58.4 Å². The highest BCUT2D eigenvalue weighted by molar-refractivity contribution is 5.95. The van der Waals surface area contributed by atoms with Crippen LogP contribution in [-0.4, -0.2) is 0 Å². The van der Waals surface area contributed by atoms with E-state index >= 15 is 0 Å². The molecule has 27 heavy (non-hydrogen) atoms. The summed E-state index contributed by atoms with van der Waals surface area (Å²) in [5.41, 5.74) is 5.50. The first kappa shape index (κ1) is 18.0. The number of benzene rings is 2. The summed E-state index contributed by atoms with van der Waals surface area (Å²) in [6.45, 7) is 6.87. The third-order valence-corrected chi connectivity index (χ3v) is 6.33. The zero-order chi connectivity index (χ0) is 18.9. The van der Waals surface area contributed by atoms with Crippen LogP contribution in [0.5, 0.6) is 0 Å². The van der Waals surface area contributed by atoms with E-state index in [9.17, 15) is 0 Å². The molecule has 0 spiro atoms. The van der Waals surface area contributed by atoms with Gasteiger partial charge in [-0.15, -0.1) is 0 Å². The fourth-order valence-electron chi connectivity index (χ4n) is 4.52. The third-order valence-electron chi connectivity index (χ3n) is 6.33. The van der Waals surface area contributed by atoms with E-state index in [0.717, 1.165) is 12.8 Å². The van der Waals surface area contributed by atoms with Crippen LogP contribution in [0.25, 0.3) is 28.1 Å². The highest BCUT2D eigenvalue weighted by atomic mass is 15.1. The van der Waals surface area contributed by atoms with E-state index in [1.165, 1.54) is 52.4 Å². The molecule has 4 rings (SSSR count). The molecule has 1 aromatic heterocycles. The second kappa shape index (κ2) is 7.31. The van der Waals surface area contributed by atoms with Gasteiger partial charge in [-0.2, -0.15) is 4.57 Å². The van der Waals surface area contributed by atoms with Crippen molar-refractivity contribution in [3.63, 3.8) is 0 Å². The third kappa shape index (κ3) is 3.00. The second-order valence-electron chi connectivity index (χ2n) is 7.79. The topological polar surface area (TPSA) is 3.88 Å². The van der Waals surface area contributed by atoms with Crippen LogP contribution in [-0.2, 0) is 12.0 Å². The number of aryl methyl sites for hydroxylation is 1. The van der Waals surface area contributed by atoms with Gasteiger partial charge in [0.25, 0.3) is 0 Å². The van der Waals surface area contributed by atoms with Crippen LogP contribution in [0.2, 0.25) is 0 Å². The summed E-state index contributed by atoms with van der Waals surface area (Å²) < 4.78 is 2.53. The van der Waals surface area contributed by atoms with Crippen molar-refractivity contribution in [3.8, 4) is 11.3 Å². The molecule has 1 aliphatic heterocycles. The Morgan fingerprint density at radius 1 is 0.926 bits per heavy atom. The largest absolute Gasteiger partial charge is 0.221 e. The van der Waals surface area contributed by atoms with Crippen LogP contribution in [0.1, 0.15) is 57.6 Å². The van der Waals surface area contributed by atoms with Crippen LogP contribution in [0.4, 0.5) is 0 Å². The number of fused-ring (bicyclic) bond motifs is 5. The molecule has 3 aromatic rings. The Morgan fingerprint density at radius 2 is 1.74 bits per heavy atom. The molecule has 0 radical (unpaired) electrons. The van der Waals surface area contributed by atoms with Crippen molar-refractivity contribution in [1.82, 2.24) is 0 Å². The smallest absolute Gasteiger partial charge is 0.189 e. The van der Waals surface area contributed by atoms with Crippen LogP contribution >= 0.6 is 0 Å². The number of hydrogen-bond donors (Lipinski definition) is 0. The monoisotopic (exact) mass is 356 g/mol. The molecule has 1 nitrogen and oxygen atoms in total. The normalized spacial score (nSPS) is 14.6. The Kier molecular flexibility index (Phi) is 4.86. The van der Waals surface area contributed by atoms with E-state index in [1.807, 2.05) is 0 Å². The lowest BCUT2D eigenvalue weighted by Crippen LogP contribution is -2.55. The van der Waals surface area contributed by atoms with Gasteiger partial charge in [0.05, 0.1) is 10.9 Å². The molecule has 2 aromatic carbocycles. The Morgan fingerprint density at radius 3 is 2.52 bits per heavy atom. The summed E-state index contributed by atoms with van der Waals surface area (Å²) >= 11 is 0. The lowest BCUT2D eigenvalue weighted by molar-refractivity contribution is -0.742. The Labute approximate surface area is 163 Å². The summed E-state index contributed by atoms with van der Waals surface area (Å²) in [6, 6.07) is 18.2. The lowest BCUT2D eigenvalue weighted by Gasteiger charge is -2.24. The quantitative estimate of drug-likeness (QED) is 0.449. The highest BCUT2D eigenvalue weighted by Crippen LogP contribution is 2.36. The summed E-state index contributed by atoms with van der Waals surface area (Å²) in [5, 5.41) is 2.72. The molecule has 2 heterocycles. The van der Waals surface area contributed by atoms with Crippen molar-refractivity contribution in [1.29, 1.82) is 0 Å². The fraction of sp³-hybridized carbons (Fsp3) is 0.346. The molecule has 0 amide bonds. The summed E-state index contributed by atoms with van der Waals surface area (Å²) in [6.07, 6.45) is 12.9. The van der Waals surface area contributed by atoms with Crippen LogP contribution in [0, 0.1) is 0 Å². The molecule has 0 aliphatic carbocycles. The van der Waals surface area contributed by atoms with E-state index in [2.05, 4.69) is 92.2 Å². The Hall–Kier alpha value is -2.41. The minimum Gasteiger partial charge on any atom is -0.189 e. The molecule has 1 aliphatic rings. The van der Waals surface area contributed by atoms with Gasteiger partial charge in [-0.25, -0.2) is 0 Å². The first-order valence-corrected chi connectivity index (χ1v) is 10.5. The first-order chi connectivity index (χ1) is 13.2. The Balaban J connectivity index is 2.01. The number of pyridine rings is 1. The number of aromatic nitrogens is 1. The van der Waals surface area contributed by atoms with Crippen molar-refractivity contribution >= 4 is 16.8 Å². The van der Waals surface area contributed by atoms with Crippen molar-refractivity contribution in [2.75, 3.05) is 0 Å². The Bertz CT molecular complexity index is 992. The molecule has 1 heteroatoms. The fourth-order valence-corrected chi connectivity index (χ4v) is 4.52. The lowest BCUT2D eigenvalue weighted by atomic mass is 9.90. The zero-order valence-electron chi connectivity index (χ0n) is 16.8. The van der Waals surface area contributed by atoms with Crippen LogP contribution in [0.15, 0.2) is 60.8 Å². The van der Waals surface area contributed by atoms with Gasteiger partial charge in [0.1, 0.15) is 0 Å². The van der Waals surface area contributed by atoms with Gasteiger partial charge in [0.2, 0.25) is 5.69 Å². The van der Waals surface area contributed by atoms with E-state index < -0.39 is 0 Å². The maximum absolute atomic E-state index is 2.53. The zero-order valence-corrected chi connectivity index (χ0v) is 16.8. The maximum atomic E-state index is 2.53. The molecule has 0 bridgehead atoms. The van der Waals surface area contributed by atoms with Gasteiger partial charge in [-0.05, 0) is 47.6 Å². The van der Waals surface area contributed by atoms with E-state index in [0.29, 0.717) is 0 Å². The maximum Gasteiger partial charge on any atom is 0.221 e. The summed E-state index contributed by atoms with van der Waals surface area (Å²) in [7, 11) is 0. The molecule has 0 unspecified atom stereocenters. The average molecular weight is 357 g/mol. The predicted octanol–water partition coefficient (Wildman–Crippen LogP) is 6.68. The van der Waals surface area contributed by atoms with E-state index in [4.69, 9.17) is 0 Å². The van der Waals surface area contributed by atoms with Gasteiger partial charge in [-0.1, -0.05) is 63.6 Å². The van der Waals surface area contributed by atoms with Crippen LogP contribution < -0.4 is 4.57 Å². The molecular weight excluding hydrogens is 326 g/mol. The number of hydrogen-bond acceptors (Lipinski definition) is 0. The SMILES string of the molecule is CCCCc1ccc2c3[n+](ccc2c1)C(CC)(CC)C=Cc1ccccc1-3. The van der Waals surface area contributed by atoms with Crippen molar-refractivity contribution in [3.05, 3.63) is 71.9 Å². The molecule has 0 fully saturated rings. The average Bonchev–Trinajstić information content (AvgIpc) is 2.87. The predicted molar refractivity (Wildman–Crippen MR) is 116 cm³/mol. The summed E-state index contributed by atoms with van der Waals surface area (Å²) in [5.74, 6) is 0. The number of unbranched alkanes of at least 4 members (excludes halogenated alkanes) is 1. The van der Waals surface area contributed by atoms with Crippen LogP contribution in [0.3, 0.4) is 0 Å².